The number of hydrogen-bond acceptors (Lipinski definition) is 23. The van der Waals surface area contributed by atoms with Gasteiger partial charge < -0.3 is 90.1 Å². The van der Waals surface area contributed by atoms with Crippen LogP contribution in [0.5, 0.6) is 23.0 Å². The summed E-state index contributed by atoms with van der Waals surface area (Å²) in [6, 6.07) is 40.9. The van der Waals surface area contributed by atoms with Crippen molar-refractivity contribution >= 4 is 46.0 Å². The van der Waals surface area contributed by atoms with Gasteiger partial charge in [-0.1, -0.05) is 138 Å². The smallest absolute Gasteiger partial charge is 0.193 e. The van der Waals surface area contributed by atoms with Crippen LogP contribution in [0.25, 0.3) is 0 Å². The van der Waals surface area contributed by atoms with Gasteiger partial charge in [0.15, 0.2) is 81.6 Å². The largest absolute Gasteiger partial charge is 0.495 e. The molecule has 12 fully saturated rings. The molecular formula is C109H121F6N3O20. The first-order valence-corrected chi connectivity index (χ1v) is 47.1. The number of Topliss-reactive ketones (excluding diaryl/α,β-unsaturated/α-hetero) is 3. The molecule has 0 unspecified atom stereocenters. The topological polar surface area (TPSA) is 354 Å². The van der Waals surface area contributed by atoms with E-state index < -0.39 is 225 Å². The predicted octanol–water partition coefficient (Wildman–Crippen LogP) is 15.8. The summed E-state index contributed by atoms with van der Waals surface area (Å²) in [5.41, 5.74) is 1.04. The molecule has 30 atom stereocenters. The van der Waals surface area contributed by atoms with Crippen LogP contribution in [-0.4, -0.2) is 190 Å². The number of anilines is 3. The highest BCUT2D eigenvalue weighted by Gasteiger charge is 2.84. The molecule has 6 aromatic carbocycles. The maximum Gasteiger partial charge on any atom is 0.193 e. The summed E-state index contributed by atoms with van der Waals surface area (Å²) in [4.78, 5) is 65.5. The minimum atomic E-state index is -2.30. The third-order valence-corrected chi connectivity index (χ3v) is 35.3. The Morgan fingerprint density at radius 1 is 0.449 bits per heavy atom. The molecule has 3 aliphatic heterocycles. The van der Waals surface area contributed by atoms with E-state index in [0.29, 0.717) is 63.7 Å². The zero-order chi connectivity index (χ0) is 97.6. The summed E-state index contributed by atoms with van der Waals surface area (Å²) in [5.74, 6) is -4.78. The highest BCUT2D eigenvalue weighted by Crippen LogP contribution is 2.77. The first-order valence-electron chi connectivity index (χ1n) is 47.1. The fourth-order valence-corrected chi connectivity index (χ4v) is 28.6. The Morgan fingerprint density at radius 3 is 1.13 bits per heavy atom. The maximum absolute atomic E-state index is 17.6. The maximum atomic E-state index is 17.6. The third kappa shape index (κ3) is 14.0. The van der Waals surface area contributed by atoms with Gasteiger partial charge in [-0.05, 0) is 239 Å². The molecule has 734 valence electrons. The van der Waals surface area contributed by atoms with Gasteiger partial charge in [-0.3, -0.25) is 24.0 Å². The Hall–Kier alpha value is -10.3. The van der Waals surface area contributed by atoms with Gasteiger partial charge in [0.05, 0.1) is 62.2 Å². The molecule has 23 nitrogen and oxygen atoms in total. The number of methoxy groups -OCH3 is 2. The summed E-state index contributed by atoms with van der Waals surface area (Å²) >= 11 is 0. The van der Waals surface area contributed by atoms with Gasteiger partial charge in [0.25, 0.3) is 0 Å². The molecule has 21 rings (SSSR count). The van der Waals surface area contributed by atoms with Crippen molar-refractivity contribution < 1.29 is 124 Å². The minimum Gasteiger partial charge on any atom is -0.495 e. The lowest BCUT2D eigenvalue weighted by Crippen LogP contribution is -2.70. The van der Waals surface area contributed by atoms with E-state index in [9.17, 15) is 54.6 Å². The van der Waals surface area contributed by atoms with Crippen LogP contribution in [0.3, 0.4) is 0 Å². The van der Waals surface area contributed by atoms with Crippen molar-refractivity contribution in [2.45, 2.75) is 227 Å². The van der Waals surface area contributed by atoms with Gasteiger partial charge in [0.1, 0.15) is 61.3 Å². The van der Waals surface area contributed by atoms with Crippen LogP contribution in [0.2, 0.25) is 0 Å². The molecule has 12 aliphatic carbocycles. The van der Waals surface area contributed by atoms with Crippen molar-refractivity contribution in [1.82, 2.24) is 0 Å². The van der Waals surface area contributed by atoms with Crippen LogP contribution in [0.4, 0.5) is 43.4 Å². The van der Waals surface area contributed by atoms with Crippen molar-refractivity contribution in [3.05, 3.63) is 256 Å². The van der Waals surface area contributed by atoms with E-state index in [-0.39, 0.29) is 81.9 Å². The molecule has 6 aromatic rings. The Labute approximate surface area is 797 Å². The van der Waals surface area contributed by atoms with E-state index in [1.54, 1.807) is 115 Å². The molecule has 29 heteroatoms. The summed E-state index contributed by atoms with van der Waals surface area (Å²) in [6.45, 7) is 11.5. The molecule has 11 N–H and O–H groups in total. The zero-order valence-corrected chi connectivity index (χ0v) is 77.7. The second-order valence-corrected chi connectivity index (χ2v) is 41.6. The summed E-state index contributed by atoms with van der Waals surface area (Å²) in [5, 5.41) is 68.8. The van der Waals surface area contributed by atoms with Crippen LogP contribution in [0.1, 0.15) is 165 Å². The number of ether oxygens (including phenoxy) is 9. The lowest BCUT2D eigenvalue weighted by atomic mass is 9.44. The normalized spacial score (nSPS) is 40.7. The molecule has 3 heterocycles. The number of benzene rings is 6. The van der Waals surface area contributed by atoms with E-state index in [2.05, 4.69) is 11.9 Å². The number of alkyl halides is 6. The van der Waals surface area contributed by atoms with E-state index in [1.807, 2.05) is 85.9 Å². The van der Waals surface area contributed by atoms with Crippen LogP contribution in [0.15, 0.2) is 217 Å². The Balaban J connectivity index is 0.000000137. The Kier molecular flexibility index (Phi) is 24.8. The van der Waals surface area contributed by atoms with Crippen molar-refractivity contribution in [3.63, 3.8) is 0 Å². The first kappa shape index (κ1) is 98.0. The van der Waals surface area contributed by atoms with Crippen LogP contribution in [0, 0.1) is 68.0 Å². The number of aliphatic hydroxyl groups is 6. The molecule has 138 heavy (non-hydrogen) atoms. The number of aliphatic hydroxyl groups excluding tert-OH is 6. The van der Waals surface area contributed by atoms with Gasteiger partial charge >= 0.3 is 0 Å². The standard InChI is InChI=1S/C37H41F2NO7.C36H39F2NO7.C35H37F2NO6.CH4/c1-34-12-11-23(42)15-26(34)27(38)16-25-24-17-32-37(31(44)19-41,35(24,2)18-30(43)36(25,34)39)47-33(46-32)22-8-5-20(6-9-22)13-21-7-10-28(40-3)29(14-21)45-4;1-33-11-10-22(41)14-25(33)26(37)15-24-23-16-31-36(30(43)18-40,34(23,2)17-29(42)35(24,33)38)46-32(45-31)21-7-4-19(5-8-21)12-20-6-9-27(39)28(13-20)44-3;1-19-12-13-32(2)26(14-19)27(36)15-25-24-16-30-35(29(41)18-39,33(24,3)17-28(40)34(25,32)37)44-31(43-30)20-4-8-22(9-5-20)42-23-10-6-21(38)7-11-23;/h5-12,14-15,24-25,27,30,32-33,40-41,43H,13,16-19H2,1-4H3;4-11,13-14,23-24,26,29,31-32,40,42H,12,15-18,39H2,1-3H3;4-14,24-25,27-28,30-31,39-40H,1,15-18,38H2,2-3H3;1H4/t24-,25-,27-,30-,32+,33+,34-,35-,36-,37+;23-,24-,26-,29-,31+,32+,33-,34-,35-,36+;24-,25-,27-,28-,30+,31+,32-,33-,34-,35+;/m000./s1. The number of nitrogen functional groups attached to an aromatic ring is 2. The van der Waals surface area contributed by atoms with Crippen LogP contribution in [-0.2, 0) is 65.2 Å². The minimum absolute atomic E-state index is 0. The molecule has 0 spiro atoms. The summed E-state index contributed by atoms with van der Waals surface area (Å²) < 4.78 is 156. The SMILES string of the molecule is C.C=C1C=C[C@@]2(C)C(=C1)[C@@H](F)C[C@H]1[C@@H]3C[C@H]4O[C@@H](c5ccc(Oc6ccc(N)cc6)cc5)O[C@@]4(C(=O)CO)[C@@]3(C)C[C@H](O)[C@@]12F.CNc1ccc(Cc2ccc([C@@H]3O[C@@H]4C[C@H]5[C@@H]6C[C@H](F)C7=CC(=O)C=C[C@]7(C)[C@@]6(F)[C@@H](O)C[C@]5(C)[C@]4(C(=O)CO)O3)cc2)cc1OC.COc1cc(Cc2ccc([C@@H]3O[C@@H]4C[C@H]5[C@@H]6C[C@H](F)C7=CC(=O)C=C[C@]7(C)[C@@]6(F)[C@@H](O)C[C@]5(C)[C@]4(C(=O)CO)O3)cc2)ccc1N. The number of rotatable bonds is 18. The molecule has 9 saturated carbocycles. The average molecular weight is 1910 g/mol. The predicted molar refractivity (Wildman–Crippen MR) is 499 cm³/mol. The number of nitrogens with two attached hydrogens (primary N) is 2. The van der Waals surface area contributed by atoms with E-state index in [4.69, 9.17) is 54.1 Å². The number of nitrogens with one attached hydrogen (secondary N) is 1. The number of fused-ring (bicyclic) bond motifs is 21. The van der Waals surface area contributed by atoms with Gasteiger partial charge in [-0.2, -0.15) is 0 Å². The van der Waals surface area contributed by atoms with Gasteiger partial charge in [-0.15, -0.1) is 0 Å². The van der Waals surface area contributed by atoms with Crippen molar-refractivity contribution in [1.29, 1.82) is 0 Å². The molecule has 3 saturated heterocycles. The molecule has 0 bridgehead atoms. The Bertz CT molecular complexity index is 6060. The lowest BCUT2D eigenvalue weighted by Gasteiger charge is -2.63. The third-order valence-electron chi connectivity index (χ3n) is 35.3. The van der Waals surface area contributed by atoms with Crippen molar-refractivity contribution in [2.24, 2.45) is 68.0 Å². The van der Waals surface area contributed by atoms with Crippen LogP contribution < -0.4 is 31.0 Å². The monoisotopic (exact) mass is 1910 g/mol. The zero-order valence-electron chi connectivity index (χ0n) is 77.7. The Morgan fingerprint density at radius 2 is 0.775 bits per heavy atom. The fourth-order valence-electron chi connectivity index (χ4n) is 28.6. The van der Waals surface area contributed by atoms with E-state index >= 15 is 26.3 Å². The number of allylic oxidation sites excluding steroid dienone is 13. The van der Waals surface area contributed by atoms with E-state index in [0.717, 1.165) is 45.8 Å². The fraction of sp³-hybridized carbons (Fsp3) is 0.495. The first-order chi connectivity index (χ1) is 65.0. The van der Waals surface area contributed by atoms with Crippen molar-refractivity contribution in [2.75, 3.05) is 57.9 Å². The lowest BCUT2D eigenvalue weighted by molar-refractivity contribution is -0.235. The van der Waals surface area contributed by atoms with Gasteiger partial charge in [0.2, 0.25) is 0 Å². The molecule has 0 radical (unpaired) electrons. The number of ketones is 5. The molecular weight excluding hydrogens is 1790 g/mol. The van der Waals surface area contributed by atoms with Gasteiger partial charge in [0, 0.05) is 79.7 Å². The average Bonchev–Trinajstić information content (AvgIpc) is 1.48. The highest BCUT2D eigenvalue weighted by molar-refractivity contribution is 6.02. The molecule has 0 aromatic heterocycles. The van der Waals surface area contributed by atoms with Crippen molar-refractivity contribution in [3.8, 4) is 23.0 Å². The molecule has 15 aliphatic rings. The number of carbonyl (C=O) groups excluding carboxylic acids is 5. The quantitative estimate of drug-likeness (QED) is 0.0285. The summed E-state index contributed by atoms with van der Waals surface area (Å²) in [6.07, 6.45) is -1.54. The number of halogens is 6. The van der Waals surface area contributed by atoms with E-state index in [1.165, 1.54) is 38.2 Å². The van der Waals surface area contributed by atoms with Gasteiger partial charge in [-0.25, -0.2) is 26.3 Å². The van der Waals surface area contributed by atoms with Crippen LogP contribution >= 0.6 is 0 Å². The summed E-state index contributed by atoms with van der Waals surface area (Å²) in [7, 11) is 5.03. The number of hydrogen-bond donors (Lipinski definition) is 9. The second-order valence-electron chi connectivity index (χ2n) is 41.6. The molecule has 0 amide bonds. The highest BCUT2D eigenvalue weighted by atomic mass is 19.2. The second kappa shape index (κ2) is 34.9. The number of carbonyl (C=O) groups is 5.